The lowest BCUT2D eigenvalue weighted by molar-refractivity contribution is 0.112. The highest BCUT2D eigenvalue weighted by Crippen LogP contribution is 2.40. The summed E-state index contributed by atoms with van der Waals surface area (Å²) in [6, 6.07) is 8.23. The fraction of sp³-hybridized carbons (Fsp3) is 0.400. The molecule has 1 aromatic carbocycles. The third kappa shape index (κ3) is 2.26. The van der Waals surface area contributed by atoms with E-state index in [0.717, 1.165) is 60.1 Å². The van der Waals surface area contributed by atoms with Crippen LogP contribution in [0.5, 0.6) is 0 Å². The zero-order chi connectivity index (χ0) is 16.9. The van der Waals surface area contributed by atoms with Crippen molar-refractivity contribution < 1.29 is 4.79 Å². The molecule has 0 unspecified atom stereocenters. The summed E-state index contributed by atoms with van der Waals surface area (Å²) in [5.74, 6) is 1.01. The lowest BCUT2D eigenvalue weighted by Gasteiger charge is -2.39. The average molecular weight is 334 g/mol. The maximum Gasteiger partial charge on any atom is 0.153 e. The van der Waals surface area contributed by atoms with Gasteiger partial charge in [0.1, 0.15) is 5.82 Å². The molecule has 0 radical (unpaired) electrons. The van der Waals surface area contributed by atoms with Crippen LogP contribution in [-0.4, -0.2) is 42.4 Å². The average Bonchev–Trinajstić information content (AvgIpc) is 3.27. The number of hydrogen-bond donors (Lipinski definition) is 2. The molecule has 0 atom stereocenters. The molecule has 0 aliphatic carbocycles. The number of benzene rings is 1. The zero-order valence-electron chi connectivity index (χ0n) is 14.2. The molecule has 0 saturated carbocycles. The van der Waals surface area contributed by atoms with Crippen molar-refractivity contribution >= 4 is 33.9 Å². The summed E-state index contributed by atoms with van der Waals surface area (Å²) in [5.41, 5.74) is 3.08. The van der Waals surface area contributed by atoms with E-state index in [1.54, 1.807) is 6.20 Å². The Morgan fingerprint density at radius 3 is 2.76 bits per heavy atom. The molecule has 2 aliphatic heterocycles. The number of piperidine rings is 1. The van der Waals surface area contributed by atoms with Crippen molar-refractivity contribution in [3.63, 3.8) is 0 Å². The molecule has 5 heteroatoms. The van der Waals surface area contributed by atoms with Crippen molar-refractivity contribution in [2.75, 3.05) is 31.1 Å². The van der Waals surface area contributed by atoms with Crippen molar-refractivity contribution in [1.29, 1.82) is 0 Å². The molecule has 2 saturated heterocycles. The first-order chi connectivity index (χ1) is 12.3. The number of fused-ring (bicyclic) bond motifs is 3. The van der Waals surface area contributed by atoms with Gasteiger partial charge in [0, 0.05) is 36.7 Å². The maximum atomic E-state index is 11.5. The van der Waals surface area contributed by atoms with E-state index in [1.165, 1.54) is 19.3 Å². The number of pyridine rings is 1. The summed E-state index contributed by atoms with van der Waals surface area (Å²) in [4.78, 5) is 22.0. The number of nitrogens with one attached hydrogen (secondary N) is 2. The van der Waals surface area contributed by atoms with E-state index in [-0.39, 0.29) is 0 Å². The molecule has 2 aromatic heterocycles. The highest BCUT2D eigenvalue weighted by molar-refractivity contribution is 6.16. The standard InChI is InChI=1S/C20H22N4O/c25-12-14-11-22-19(17-15-3-1-2-4-16(15)23-18(14)17)24-9-6-20(7-10-24)5-8-21-13-20/h1-4,11-12,21,23H,5-10,13H2. The number of aldehydes is 1. The van der Waals surface area contributed by atoms with Crippen LogP contribution in [-0.2, 0) is 0 Å². The lowest BCUT2D eigenvalue weighted by atomic mass is 9.78. The second-order valence-electron chi connectivity index (χ2n) is 7.49. The number of rotatable bonds is 2. The molecule has 2 fully saturated rings. The Bertz CT molecular complexity index is 945. The molecule has 25 heavy (non-hydrogen) atoms. The topological polar surface area (TPSA) is 61.0 Å². The van der Waals surface area contributed by atoms with E-state index in [1.807, 2.05) is 12.1 Å². The monoisotopic (exact) mass is 334 g/mol. The highest BCUT2D eigenvalue weighted by atomic mass is 16.1. The summed E-state index contributed by atoms with van der Waals surface area (Å²) in [7, 11) is 0. The Morgan fingerprint density at radius 2 is 2.00 bits per heavy atom. The number of nitrogens with zero attached hydrogens (tertiary/aromatic N) is 2. The van der Waals surface area contributed by atoms with Crippen molar-refractivity contribution in [1.82, 2.24) is 15.3 Å². The molecular weight excluding hydrogens is 312 g/mol. The third-order valence-electron chi connectivity index (χ3n) is 6.13. The van der Waals surface area contributed by atoms with E-state index in [2.05, 4.69) is 27.3 Å². The first-order valence-corrected chi connectivity index (χ1v) is 9.10. The number of anilines is 1. The van der Waals surface area contributed by atoms with Crippen LogP contribution in [0.3, 0.4) is 0 Å². The summed E-state index contributed by atoms with van der Waals surface area (Å²) in [6.07, 6.45) is 6.31. The van der Waals surface area contributed by atoms with Crippen LogP contribution >= 0.6 is 0 Å². The first-order valence-electron chi connectivity index (χ1n) is 9.10. The maximum absolute atomic E-state index is 11.5. The Kier molecular flexibility index (Phi) is 3.31. The van der Waals surface area contributed by atoms with Crippen LogP contribution in [0, 0.1) is 5.41 Å². The smallest absolute Gasteiger partial charge is 0.153 e. The van der Waals surface area contributed by atoms with E-state index >= 15 is 0 Å². The van der Waals surface area contributed by atoms with Crippen LogP contribution in [0.4, 0.5) is 5.82 Å². The zero-order valence-corrected chi connectivity index (χ0v) is 14.2. The minimum atomic E-state index is 0.485. The van der Waals surface area contributed by atoms with E-state index in [9.17, 15) is 4.79 Å². The number of aromatic nitrogens is 2. The Morgan fingerprint density at radius 1 is 1.16 bits per heavy atom. The SMILES string of the molecule is O=Cc1cnc(N2CCC3(CCNC3)CC2)c2c1[nH]c1ccccc12. The van der Waals surface area contributed by atoms with Gasteiger partial charge in [-0.25, -0.2) is 4.98 Å². The van der Waals surface area contributed by atoms with E-state index in [4.69, 9.17) is 4.98 Å². The molecule has 4 heterocycles. The second kappa shape index (κ2) is 5.56. The van der Waals surface area contributed by atoms with Gasteiger partial charge in [-0.15, -0.1) is 0 Å². The Hall–Kier alpha value is -2.40. The summed E-state index contributed by atoms with van der Waals surface area (Å²) < 4.78 is 0. The van der Waals surface area contributed by atoms with Gasteiger partial charge in [0.05, 0.1) is 16.5 Å². The van der Waals surface area contributed by atoms with Crippen LogP contribution in [0.25, 0.3) is 21.8 Å². The Balaban J connectivity index is 1.60. The fourth-order valence-electron chi connectivity index (χ4n) is 4.59. The highest BCUT2D eigenvalue weighted by Gasteiger charge is 2.37. The van der Waals surface area contributed by atoms with Crippen molar-refractivity contribution in [3.05, 3.63) is 36.0 Å². The summed E-state index contributed by atoms with van der Waals surface area (Å²) in [5, 5.41) is 5.75. The predicted octanol–water partition coefficient (Wildman–Crippen LogP) is 3.11. The third-order valence-corrected chi connectivity index (χ3v) is 6.13. The van der Waals surface area contributed by atoms with Gasteiger partial charge in [0.15, 0.2) is 6.29 Å². The van der Waals surface area contributed by atoms with Crippen LogP contribution in [0.1, 0.15) is 29.6 Å². The molecule has 2 N–H and O–H groups in total. The molecule has 3 aromatic rings. The molecule has 128 valence electrons. The van der Waals surface area contributed by atoms with Gasteiger partial charge in [-0.1, -0.05) is 18.2 Å². The minimum Gasteiger partial charge on any atom is -0.356 e. The molecule has 5 rings (SSSR count). The number of carbonyl (C=O) groups excluding carboxylic acids is 1. The number of para-hydroxylation sites is 1. The van der Waals surface area contributed by atoms with Gasteiger partial charge in [-0.2, -0.15) is 0 Å². The first kappa shape index (κ1) is 14.9. The molecule has 0 amide bonds. The Labute approximate surface area is 146 Å². The molecule has 5 nitrogen and oxygen atoms in total. The normalized spacial score (nSPS) is 19.9. The van der Waals surface area contributed by atoms with Gasteiger partial charge < -0.3 is 15.2 Å². The van der Waals surface area contributed by atoms with Crippen molar-refractivity contribution in [3.8, 4) is 0 Å². The van der Waals surface area contributed by atoms with Crippen molar-refractivity contribution in [2.45, 2.75) is 19.3 Å². The quantitative estimate of drug-likeness (QED) is 0.707. The summed E-state index contributed by atoms with van der Waals surface area (Å²) >= 11 is 0. The van der Waals surface area contributed by atoms with E-state index in [0.29, 0.717) is 11.0 Å². The molecular formula is C20H22N4O. The largest absolute Gasteiger partial charge is 0.356 e. The van der Waals surface area contributed by atoms with Gasteiger partial charge in [-0.3, -0.25) is 4.79 Å². The molecule has 0 bridgehead atoms. The molecule has 2 aliphatic rings. The number of carbonyl (C=O) groups is 1. The van der Waals surface area contributed by atoms with Gasteiger partial charge in [0.25, 0.3) is 0 Å². The van der Waals surface area contributed by atoms with E-state index < -0.39 is 0 Å². The van der Waals surface area contributed by atoms with Crippen LogP contribution < -0.4 is 10.2 Å². The van der Waals surface area contributed by atoms with Crippen molar-refractivity contribution in [2.24, 2.45) is 5.41 Å². The number of aromatic amines is 1. The second-order valence-corrected chi connectivity index (χ2v) is 7.49. The van der Waals surface area contributed by atoms with Crippen LogP contribution in [0.15, 0.2) is 30.5 Å². The summed E-state index contributed by atoms with van der Waals surface area (Å²) in [6.45, 7) is 4.37. The number of H-pyrrole nitrogens is 1. The fourth-order valence-corrected chi connectivity index (χ4v) is 4.59. The minimum absolute atomic E-state index is 0.485. The van der Waals surface area contributed by atoms with Gasteiger partial charge in [-0.05, 0) is 37.3 Å². The lowest BCUT2D eigenvalue weighted by Crippen LogP contribution is -2.41. The number of hydrogen-bond acceptors (Lipinski definition) is 4. The van der Waals surface area contributed by atoms with Gasteiger partial charge >= 0.3 is 0 Å². The van der Waals surface area contributed by atoms with Gasteiger partial charge in [0.2, 0.25) is 0 Å². The molecule has 1 spiro atoms. The van der Waals surface area contributed by atoms with Crippen LogP contribution in [0.2, 0.25) is 0 Å². The predicted molar refractivity (Wildman–Crippen MR) is 100 cm³/mol.